The van der Waals surface area contributed by atoms with Gasteiger partial charge in [0.2, 0.25) is 5.91 Å². The van der Waals surface area contributed by atoms with Gasteiger partial charge < -0.3 is 14.6 Å². The summed E-state index contributed by atoms with van der Waals surface area (Å²) in [5.41, 5.74) is 1.07. The van der Waals surface area contributed by atoms with Crippen LogP contribution >= 0.6 is 11.6 Å². The molecule has 3 rings (SSSR count). The van der Waals surface area contributed by atoms with Crippen LogP contribution in [0.2, 0.25) is 5.02 Å². The molecule has 1 fully saturated rings. The average Bonchev–Trinajstić information content (AvgIpc) is 3.16. The first-order chi connectivity index (χ1) is 12.2. The smallest absolute Gasteiger partial charge is 0.222 e. The molecule has 0 bridgehead atoms. The molecule has 0 saturated carbocycles. The van der Waals surface area contributed by atoms with E-state index in [2.05, 4.69) is 14.8 Å². The van der Waals surface area contributed by atoms with E-state index in [1.165, 1.54) is 0 Å². The van der Waals surface area contributed by atoms with Gasteiger partial charge in [0.25, 0.3) is 0 Å². The van der Waals surface area contributed by atoms with Gasteiger partial charge in [-0.1, -0.05) is 23.7 Å². The highest BCUT2D eigenvalue weighted by Crippen LogP contribution is 2.23. The van der Waals surface area contributed by atoms with Crippen molar-refractivity contribution in [1.29, 1.82) is 0 Å². The highest BCUT2D eigenvalue weighted by atomic mass is 35.5. The summed E-state index contributed by atoms with van der Waals surface area (Å²) in [5.74, 6) is 0.0573. The van der Waals surface area contributed by atoms with Gasteiger partial charge in [-0.3, -0.25) is 9.69 Å². The molecule has 1 aromatic heterocycles. The van der Waals surface area contributed by atoms with E-state index in [9.17, 15) is 4.79 Å². The summed E-state index contributed by atoms with van der Waals surface area (Å²) in [6.45, 7) is 4.96. The van der Waals surface area contributed by atoms with Crippen molar-refractivity contribution in [3.8, 4) is 0 Å². The molecule has 1 saturated heterocycles. The predicted molar refractivity (Wildman–Crippen MR) is 98.9 cm³/mol. The van der Waals surface area contributed by atoms with Gasteiger partial charge in [-0.05, 0) is 29.8 Å². The number of rotatable bonds is 7. The van der Waals surface area contributed by atoms with Crippen LogP contribution in [-0.2, 0) is 9.53 Å². The number of amides is 1. The third-order valence-corrected chi connectivity index (χ3v) is 4.73. The van der Waals surface area contributed by atoms with E-state index >= 15 is 0 Å². The second-order valence-corrected chi connectivity index (χ2v) is 6.64. The molecule has 0 radical (unpaired) electrons. The summed E-state index contributed by atoms with van der Waals surface area (Å²) >= 11 is 5.99. The van der Waals surface area contributed by atoms with E-state index in [1.54, 1.807) is 0 Å². The topological polar surface area (TPSA) is 46.5 Å². The molecule has 6 heteroatoms. The highest BCUT2D eigenvalue weighted by molar-refractivity contribution is 6.30. The molecule has 2 aromatic rings. The summed E-state index contributed by atoms with van der Waals surface area (Å²) in [6.07, 6.45) is 4.37. The van der Waals surface area contributed by atoms with E-state index < -0.39 is 0 Å². The van der Waals surface area contributed by atoms with E-state index in [4.69, 9.17) is 16.3 Å². The minimum Gasteiger partial charge on any atom is -0.379 e. The van der Waals surface area contributed by atoms with Gasteiger partial charge in [0.1, 0.15) is 0 Å². The molecule has 0 aliphatic carbocycles. The Morgan fingerprint density at radius 2 is 1.84 bits per heavy atom. The summed E-state index contributed by atoms with van der Waals surface area (Å²) in [4.78, 5) is 14.7. The van der Waals surface area contributed by atoms with E-state index in [-0.39, 0.29) is 11.9 Å². The lowest BCUT2D eigenvalue weighted by atomic mass is 10.0. The number of hydrogen-bond acceptors (Lipinski definition) is 3. The Morgan fingerprint density at radius 1 is 1.16 bits per heavy atom. The molecular weight excluding hydrogens is 338 g/mol. The van der Waals surface area contributed by atoms with Gasteiger partial charge >= 0.3 is 0 Å². The quantitative estimate of drug-likeness (QED) is 0.824. The van der Waals surface area contributed by atoms with Crippen molar-refractivity contribution in [3.63, 3.8) is 0 Å². The lowest BCUT2D eigenvalue weighted by Gasteiger charge is -2.26. The molecular formula is C19H24ClN3O2. The van der Waals surface area contributed by atoms with Gasteiger partial charge in [0, 0.05) is 43.6 Å². The van der Waals surface area contributed by atoms with Crippen LogP contribution in [0.3, 0.4) is 0 Å². The van der Waals surface area contributed by atoms with Gasteiger partial charge in [-0.25, -0.2) is 0 Å². The monoisotopic (exact) mass is 361 g/mol. The Balaban J connectivity index is 1.56. The Kier molecular flexibility index (Phi) is 6.50. The van der Waals surface area contributed by atoms with Crippen LogP contribution in [0.5, 0.6) is 0 Å². The van der Waals surface area contributed by atoms with Crippen LogP contribution in [-0.4, -0.2) is 54.8 Å². The number of nitrogens with one attached hydrogen (secondary N) is 1. The maximum Gasteiger partial charge on any atom is 0.222 e. The number of hydrogen-bond donors (Lipinski definition) is 1. The van der Waals surface area contributed by atoms with Crippen molar-refractivity contribution in [2.24, 2.45) is 0 Å². The number of ether oxygens (including phenoxy) is 1. The van der Waals surface area contributed by atoms with Gasteiger partial charge in [-0.2, -0.15) is 0 Å². The first-order valence-corrected chi connectivity index (χ1v) is 9.05. The number of carbonyl (C=O) groups excluding carboxylic acids is 1. The van der Waals surface area contributed by atoms with Crippen molar-refractivity contribution < 1.29 is 9.53 Å². The normalized spacial score (nSPS) is 16.5. The number of aromatic nitrogens is 1. The van der Waals surface area contributed by atoms with Crippen LogP contribution in [0.4, 0.5) is 0 Å². The van der Waals surface area contributed by atoms with Crippen molar-refractivity contribution in [1.82, 2.24) is 14.8 Å². The van der Waals surface area contributed by atoms with Gasteiger partial charge in [-0.15, -0.1) is 0 Å². The summed E-state index contributed by atoms with van der Waals surface area (Å²) in [6, 6.07) is 11.6. The van der Waals surface area contributed by atoms with Crippen LogP contribution in [0.25, 0.3) is 0 Å². The van der Waals surface area contributed by atoms with Crippen molar-refractivity contribution in [2.75, 3.05) is 39.4 Å². The molecule has 5 nitrogen and oxygen atoms in total. The second kappa shape index (κ2) is 9.04. The number of carbonyl (C=O) groups is 1. The molecule has 1 unspecified atom stereocenters. The summed E-state index contributed by atoms with van der Waals surface area (Å²) in [7, 11) is 0. The van der Waals surface area contributed by atoms with Crippen LogP contribution in [0.1, 0.15) is 18.0 Å². The Morgan fingerprint density at radius 3 is 2.52 bits per heavy atom. The molecule has 1 amide bonds. The molecule has 134 valence electrons. The largest absolute Gasteiger partial charge is 0.379 e. The molecule has 1 aliphatic rings. The number of nitrogens with zero attached hydrogens (tertiary/aromatic N) is 2. The number of halogens is 1. The molecule has 1 aromatic carbocycles. The Labute approximate surface area is 153 Å². The molecule has 2 heterocycles. The van der Waals surface area contributed by atoms with Crippen LogP contribution < -0.4 is 5.32 Å². The second-order valence-electron chi connectivity index (χ2n) is 6.21. The predicted octanol–water partition coefficient (Wildman–Crippen LogP) is 2.57. The zero-order chi connectivity index (χ0) is 17.5. The van der Waals surface area contributed by atoms with Crippen LogP contribution in [0, 0.1) is 0 Å². The molecule has 1 N–H and O–H groups in total. The van der Waals surface area contributed by atoms with Crippen molar-refractivity contribution >= 4 is 17.5 Å². The van der Waals surface area contributed by atoms with Crippen molar-refractivity contribution in [2.45, 2.75) is 12.5 Å². The summed E-state index contributed by atoms with van der Waals surface area (Å²) in [5, 5.41) is 3.74. The average molecular weight is 362 g/mol. The first-order valence-electron chi connectivity index (χ1n) is 8.67. The SMILES string of the molecule is O=C(CC(c1ccc(Cl)cc1)n1cccc1)NCCN1CCOCC1. The molecule has 1 atom stereocenters. The minimum absolute atomic E-state index is 0.0318. The minimum atomic E-state index is -0.0318. The maximum absolute atomic E-state index is 12.4. The number of benzene rings is 1. The highest BCUT2D eigenvalue weighted by Gasteiger charge is 2.17. The Bertz CT molecular complexity index is 652. The van der Waals surface area contributed by atoms with Crippen LogP contribution in [0.15, 0.2) is 48.8 Å². The third kappa shape index (κ3) is 5.33. The first kappa shape index (κ1) is 18.0. The zero-order valence-electron chi connectivity index (χ0n) is 14.2. The molecule has 1 aliphatic heterocycles. The Hall–Kier alpha value is -1.82. The maximum atomic E-state index is 12.4. The van der Waals surface area contributed by atoms with E-state index in [1.807, 2.05) is 48.8 Å². The fourth-order valence-corrected chi connectivity index (χ4v) is 3.19. The fourth-order valence-electron chi connectivity index (χ4n) is 3.06. The van der Waals surface area contributed by atoms with E-state index in [0.717, 1.165) is 38.4 Å². The lowest BCUT2D eigenvalue weighted by molar-refractivity contribution is -0.121. The zero-order valence-corrected chi connectivity index (χ0v) is 15.0. The van der Waals surface area contributed by atoms with Gasteiger partial charge in [0.15, 0.2) is 0 Å². The molecule has 0 spiro atoms. The third-order valence-electron chi connectivity index (χ3n) is 4.47. The standard InChI is InChI=1S/C19H24ClN3O2/c20-17-5-3-16(4-6-17)18(23-8-1-2-9-23)15-19(24)21-7-10-22-11-13-25-14-12-22/h1-6,8-9,18H,7,10-15H2,(H,21,24). The van der Waals surface area contributed by atoms with Gasteiger partial charge in [0.05, 0.1) is 25.7 Å². The van der Waals surface area contributed by atoms with E-state index in [0.29, 0.717) is 18.0 Å². The molecule has 25 heavy (non-hydrogen) atoms. The van der Waals surface area contributed by atoms with Crippen molar-refractivity contribution in [3.05, 3.63) is 59.4 Å². The fraction of sp³-hybridized carbons (Fsp3) is 0.421. The number of morpholine rings is 1. The summed E-state index contributed by atoms with van der Waals surface area (Å²) < 4.78 is 7.40. The lowest BCUT2D eigenvalue weighted by Crippen LogP contribution is -2.41.